The Morgan fingerprint density at radius 1 is 1.41 bits per heavy atom. The molecule has 3 nitrogen and oxygen atoms in total. The molecular formula is C14H18N2O. The van der Waals surface area contributed by atoms with Gasteiger partial charge < -0.3 is 10.2 Å². The van der Waals surface area contributed by atoms with Crippen molar-refractivity contribution in [2.24, 2.45) is 0 Å². The van der Waals surface area contributed by atoms with Crippen molar-refractivity contribution in [2.45, 2.75) is 19.3 Å². The Balaban J connectivity index is 2.43. The first-order chi connectivity index (χ1) is 7.98. The van der Waals surface area contributed by atoms with E-state index in [9.17, 15) is 4.79 Å². The van der Waals surface area contributed by atoms with Crippen molar-refractivity contribution in [3.8, 4) is 0 Å². The van der Waals surface area contributed by atoms with Crippen LogP contribution in [0.4, 0.5) is 5.69 Å². The molecule has 0 saturated heterocycles. The lowest BCUT2D eigenvalue weighted by Crippen LogP contribution is -2.35. The minimum Gasteiger partial charge on any atom is -0.358 e. The van der Waals surface area contributed by atoms with Crippen LogP contribution >= 0.6 is 0 Å². The quantitative estimate of drug-likeness (QED) is 0.843. The largest absolute Gasteiger partial charge is 0.358 e. The number of nitrogens with one attached hydrogen (secondary N) is 1. The molecule has 0 saturated carbocycles. The van der Waals surface area contributed by atoms with Gasteiger partial charge in [0.25, 0.3) is 0 Å². The highest BCUT2D eigenvalue weighted by Crippen LogP contribution is 2.46. The summed E-state index contributed by atoms with van der Waals surface area (Å²) in [6.07, 6.45) is 0. The Hall–Kier alpha value is -1.77. The normalized spacial score (nSPS) is 16.9. The van der Waals surface area contributed by atoms with E-state index >= 15 is 0 Å². The number of nitrogens with zero attached hydrogens (tertiary/aromatic N) is 1. The molecule has 0 atom stereocenters. The minimum absolute atomic E-state index is 0.00125. The van der Waals surface area contributed by atoms with Gasteiger partial charge in [-0.15, -0.1) is 0 Å². The van der Waals surface area contributed by atoms with E-state index in [-0.39, 0.29) is 11.3 Å². The number of hydrogen-bond acceptors (Lipinski definition) is 2. The fourth-order valence-corrected chi connectivity index (χ4v) is 2.28. The summed E-state index contributed by atoms with van der Waals surface area (Å²) in [6.45, 7) is 8.74. The highest BCUT2D eigenvalue weighted by Gasteiger charge is 2.38. The molecule has 0 spiro atoms. The third-order valence-corrected chi connectivity index (χ3v) is 3.50. The van der Waals surface area contributed by atoms with Crippen LogP contribution in [-0.4, -0.2) is 19.5 Å². The van der Waals surface area contributed by atoms with Crippen LogP contribution in [-0.2, 0) is 10.2 Å². The zero-order valence-electron chi connectivity index (χ0n) is 10.6. The first-order valence-electron chi connectivity index (χ1n) is 5.75. The average Bonchev–Trinajstić information content (AvgIpc) is 2.51. The molecule has 1 aliphatic rings. The minimum atomic E-state index is -0.107. The van der Waals surface area contributed by atoms with Crippen molar-refractivity contribution in [3.63, 3.8) is 0 Å². The van der Waals surface area contributed by atoms with E-state index in [1.807, 2.05) is 23.1 Å². The van der Waals surface area contributed by atoms with Gasteiger partial charge in [-0.3, -0.25) is 4.79 Å². The summed E-state index contributed by atoms with van der Waals surface area (Å²) in [7, 11) is 1.65. The number of benzene rings is 1. The highest BCUT2D eigenvalue weighted by atomic mass is 16.1. The first-order valence-corrected chi connectivity index (χ1v) is 5.75. The van der Waals surface area contributed by atoms with E-state index in [1.54, 1.807) is 7.05 Å². The number of carbonyl (C=O) groups excluding carboxylic acids is 1. The number of fused-ring (bicyclic) bond motifs is 1. The SMILES string of the molecule is C=C1N(CC(=O)NC)c2ccccc2C1(C)C. The van der Waals surface area contributed by atoms with Crippen molar-refractivity contribution >= 4 is 11.6 Å². The number of hydrogen-bond donors (Lipinski definition) is 1. The summed E-state index contributed by atoms with van der Waals surface area (Å²) in [5, 5.41) is 2.65. The van der Waals surface area contributed by atoms with Crippen LogP contribution in [0.2, 0.25) is 0 Å². The lowest BCUT2D eigenvalue weighted by atomic mass is 9.84. The van der Waals surface area contributed by atoms with Crippen molar-refractivity contribution in [1.82, 2.24) is 5.32 Å². The van der Waals surface area contributed by atoms with Crippen LogP contribution in [0, 0.1) is 0 Å². The van der Waals surface area contributed by atoms with E-state index in [1.165, 1.54) is 5.56 Å². The Labute approximate surface area is 102 Å². The Kier molecular flexibility index (Phi) is 2.69. The fourth-order valence-electron chi connectivity index (χ4n) is 2.28. The molecule has 2 rings (SSSR count). The molecule has 3 heteroatoms. The second-order valence-electron chi connectivity index (χ2n) is 4.85. The summed E-state index contributed by atoms with van der Waals surface area (Å²) >= 11 is 0. The molecule has 0 aliphatic carbocycles. The van der Waals surface area contributed by atoms with Gasteiger partial charge in [0.05, 0.1) is 0 Å². The number of likely N-dealkylation sites (N-methyl/N-ethyl adjacent to an activating group) is 1. The van der Waals surface area contributed by atoms with Gasteiger partial charge in [-0.1, -0.05) is 38.6 Å². The van der Waals surface area contributed by atoms with Crippen molar-refractivity contribution in [2.75, 3.05) is 18.5 Å². The lowest BCUT2D eigenvalue weighted by Gasteiger charge is -2.25. The van der Waals surface area contributed by atoms with Crippen LogP contribution in [0.15, 0.2) is 36.5 Å². The predicted octanol–water partition coefficient (Wildman–Crippen LogP) is 2.04. The summed E-state index contributed by atoms with van der Waals surface area (Å²) < 4.78 is 0. The maximum absolute atomic E-state index is 11.5. The van der Waals surface area contributed by atoms with E-state index in [4.69, 9.17) is 0 Å². The number of allylic oxidation sites excluding steroid dienone is 1. The van der Waals surface area contributed by atoms with Crippen molar-refractivity contribution in [3.05, 3.63) is 42.1 Å². The van der Waals surface area contributed by atoms with Crippen LogP contribution < -0.4 is 10.2 Å². The number of para-hydroxylation sites is 1. The molecule has 1 aromatic carbocycles. The topological polar surface area (TPSA) is 32.3 Å². The molecule has 0 bridgehead atoms. The van der Waals surface area contributed by atoms with Crippen molar-refractivity contribution in [1.29, 1.82) is 0 Å². The van der Waals surface area contributed by atoms with Crippen LogP contribution in [0.1, 0.15) is 19.4 Å². The van der Waals surface area contributed by atoms with Crippen molar-refractivity contribution < 1.29 is 4.79 Å². The number of carbonyl (C=O) groups is 1. The molecule has 0 aromatic heterocycles. The number of amides is 1. The summed E-state index contributed by atoms with van der Waals surface area (Å²) in [6, 6.07) is 8.16. The van der Waals surface area contributed by atoms with Gasteiger partial charge in [0.1, 0.15) is 6.54 Å². The Morgan fingerprint density at radius 3 is 2.71 bits per heavy atom. The molecule has 1 amide bonds. The Morgan fingerprint density at radius 2 is 2.06 bits per heavy atom. The summed E-state index contributed by atoms with van der Waals surface area (Å²) in [5.74, 6) is -0.00125. The van der Waals surface area contributed by atoms with E-state index < -0.39 is 0 Å². The Bertz CT molecular complexity index is 477. The second-order valence-corrected chi connectivity index (χ2v) is 4.85. The monoisotopic (exact) mass is 230 g/mol. The third kappa shape index (κ3) is 1.71. The molecule has 1 aliphatic heterocycles. The second kappa shape index (κ2) is 3.91. The lowest BCUT2D eigenvalue weighted by molar-refractivity contribution is -0.119. The number of anilines is 1. The van der Waals surface area contributed by atoms with Crippen LogP contribution in [0.5, 0.6) is 0 Å². The van der Waals surface area contributed by atoms with E-state index in [0.717, 1.165) is 11.4 Å². The zero-order chi connectivity index (χ0) is 12.6. The molecule has 1 aromatic rings. The predicted molar refractivity (Wildman–Crippen MR) is 70.0 cm³/mol. The van der Waals surface area contributed by atoms with E-state index in [2.05, 4.69) is 31.8 Å². The number of rotatable bonds is 2. The van der Waals surface area contributed by atoms with Gasteiger partial charge in [-0.2, -0.15) is 0 Å². The molecule has 90 valence electrons. The first kappa shape index (κ1) is 11.7. The van der Waals surface area contributed by atoms with Gasteiger partial charge >= 0.3 is 0 Å². The molecule has 0 radical (unpaired) electrons. The maximum atomic E-state index is 11.5. The highest BCUT2D eigenvalue weighted by molar-refractivity contribution is 5.84. The maximum Gasteiger partial charge on any atom is 0.239 e. The summed E-state index contributed by atoms with van der Waals surface area (Å²) in [4.78, 5) is 13.5. The molecule has 0 unspecified atom stereocenters. The fraction of sp³-hybridized carbons (Fsp3) is 0.357. The molecule has 0 fully saturated rings. The molecule has 1 heterocycles. The van der Waals surface area contributed by atoms with Crippen LogP contribution in [0.3, 0.4) is 0 Å². The summed E-state index contributed by atoms with van der Waals surface area (Å²) in [5.41, 5.74) is 3.19. The van der Waals surface area contributed by atoms with Gasteiger partial charge in [0.15, 0.2) is 0 Å². The average molecular weight is 230 g/mol. The zero-order valence-corrected chi connectivity index (χ0v) is 10.6. The molecule has 17 heavy (non-hydrogen) atoms. The van der Waals surface area contributed by atoms with E-state index in [0.29, 0.717) is 6.54 Å². The van der Waals surface area contributed by atoms with Crippen LogP contribution in [0.25, 0.3) is 0 Å². The molecule has 1 N–H and O–H groups in total. The standard InChI is InChI=1S/C14H18N2O/c1-10-14(2,3)11-7-5-6-8-12(11)16(10)9-13(17)15-4/h5-8H,1,9H2,2-4H3,(H,15,17). The third-order valence-electron chi connectivity index (χ3n) is 3.50. The molecular weight excluding hydrogens is 212 g/mol. The van der Waals surface area contributed by atoms with Gasteiger partial charge in [0.2, 0.25) is 5.91 Å². The van der Waals surface area contributed by atoms with Gasteiger partial charge in [0, 0.05) is 23.8 Å². The smallest absolute Gasteiger partial charge is 0.239 e. The van der Waals surface area contributed by atoms with Gasteiger partial charge in [-0.25, -0.2) is 0 Å². The van der Waals surface area contributed by atoms with Gasteiger partial charge in [-0.05, 0) is 11.6 Å².